The van der Waals surface area contributed by atoms with Crippen molar-refractivity contribution in [1.82, 2.24) is 9.88 Å². The lowest BCUT2D eigenvalue weighted by Crippen LogP contribution is -2.38. The van der Waals surface area contributed by atoms with Crippen LogP contribution in [0.15, 0.2) is 30.5 Å². The average molecular weight is 283 g/mol. The molecule has 1 aromatic carbocycles. The molecule has 3 rings (SSSR count). The van der Waals surface area contributed by atoms with Crippen LogP contribution >= 0.6 is 0 Å². The summed E-state index contributed by atoms with van der Waals surface area (Å²) in [4.78, 5) is 19.1. The van der Waals surface area contributed by atoms with Crippen molar-refractivity contribution in [1.29, 1.82) is 0 Å². The van der Waals surface area contributed by atoms with Crippen molar-refractivity contribution in [3.8, 4) is 0 Å². The van der Waals surface area contributed by atoms with Gasteiger partial charge in [-0.05, 0) is 25.2 Å². The Morgan fingerprint density at radius 1 is 1.29 bits per heavy atom. The van der Waals surface area contributed by atoms with Crippen LogP contribution < -0.4 is 5.73 Å². The molecular formula is C17H21N3O. The van der Waals surface area contributed by atoms with Gasteiger partial charge < -0.3 is 10.6 Å². The standard InChI is InChI=1S/C17H21N3O/c1-2-20(12-7-3-4-8-12)17(21)15-11-19-16(18)14-10-6-5-9-13(14)15/h5-6,9-12H,2-4,7-8H2,1H3,(H2,18,19). The first-order valence-corrected chi connectivity index (χ1v) is 7.66. The second-order valence-corrected chi connectivity index (χ2v) is 5.63. The number of pyridine rings is 1. The molecule has 1 saturated carbocycles. The number of hydrogen-bond donors (Lipinski definition) is 1. The summed E-state index contributed by atoms with van der Waals surface area (Å²) in [5.74, 6) is 0.555. The normalized spacial score (nSPS) is 15.5. The Labute approximate surface area is 125 Å². The highest BCUT2D eigenvalue weighted by molar-refractivity contribution is 6.09. The predicted octanol–water partition coefficient (Wildman–Crippen LogP) is 3.22. The minimum absolute atomic E-state index is 0.0769. The quantitative estimate of drug-likeness (QED) is 0.941. The van der Waals surface area contributed by atoms with Crippen LogP contribution in [0.3, 0.4) is 0 Å². The molecule has 1 aromatic heterocycles. The van der Waals surface area contributed by atoms with Gasteiger partial charge in [-0.3, -0.25) is 4.79 Å². The van der Waals surface area contributed by atoms with Gasteiger partial charge in [0.15, 0.2) is 0 Å². The summed E-state index contributed by atoms with van der Waals surface area (Å²) >= 11 is 0. The van der Waals surface area contributed by atoms with Crippen molar-refractivity contribution in [2.24, 2.45) is 0 Å². The minimum Gasteiger partial charge on any atom is -0.383 e. The molecule has 0 spiro atoms. The summed E-state index contributed by atoms with van der Waals surface area (Å²) in [6.07, 6.45) is 6.28. The highest BCUT2D eigenvalue weighted by Crippen LogP contribution is 2.28. The fourth-order valence-electron chi connectivity index (χ4n) is 3.32. The maximum absolute atomic E-state index is 12.9. The molecule has 1 aliphatic rings. The van der Waals surface area contributed by atoms with Crippen LogP contribution in [0.5, 0.6) is 0 Å². The molecule has 0 saturated heterocycles. The molecule has 0 bridgehead atoms. The lowest BCUT2D eigenvalue weighted by molar-refractivity contribution is 0.0695. The van der Waals surface area contributed by atoms with E-state index in [1.165, 1.54) is 12.8 Å². The third-order valence-corrected chi connectivity index (χ3v) is 4.42. The number of hydrogen-bond acceptors (Lipinski definition) is 3. The molecule has 4 heteroatoms. The van der Waals surface area contributed by atoms with Crippen molar-refractivity contribution in [2.75, 3.05) is 12.3 Å². The van der Waals surface area contributed by atoms with E-state index in [1.807, 2.05) is 36.1 Å². The smallest absolute Gasteiger partial charge is 0.256 e. The van der Waals surface area contributed by atoms with Crippen LogP contribution in [0, 0.1) is 0 Å². The predicted molar refractivity (Wildman–Crippen MR) is 85.1 cm³/mol. The van der Waals surface area contributed by atoms with Crippen molar-refractivity contribution in [2.45, 2.75) is 38.6 Å². The fourth-order valence-corrected chi connectivity index (χ4v) is 3.32. The van der Waals surface area contributed by atoms with Crippen molar-refractivity contribution < 1.29 is 4.79 Å². The van der Waals surface area contributed by atoms with Gasteiger partial charge in [-0.1, -0.05) is 37.1 Å². The zero-order chi connectivity index (χ0) is 14.8. The van der Waals surface area contributed by atoms with Gasteiger partial charge in [-0.2, -0.15) is 0 Å². The van der Waals surface area contributed by atoms with E-state index in [4.69, 9.17) is 5.73 Å². The Bertz CT molecular complexity index is 662. The van der Waals surface area contributed by atoms with E-state index in [0.717, 1.165) is 30.2 Å². The number of nitrogens with zero attached hydrogens (tertiary/aromatic N) is 2. The number of fused-ring (bicyclic) bond motifs is 1. The van der Waals surface area contributed by atoms with Gasteiger partial charge in [0, 0.05) is 24.2 Å². The Morgan fingerprint density at radius 2 is 1.95 bits per heavy atom. The third kappa shape index (κ3) is 2.46. The maximum Gasteiger partial charge on any atom is 0.256 e. The molecule has 110 valence electrons. The summed E-state index contributed by atoms with van der Waals surface area (Å²) in [7, 11) is 0. The Morgan fingerprint density at radius 3 is 2.62 bits per heavy atom. The molecule has 1 heterocycles. The van der Waals surface area contributed by atoms with E-state index in [2.05, 4.69) is 4.98 Å². The number of nitrogen functional groups attached to an aromatic ring is 1. The van der Waals surface area contributed by atoms with Gasteiger partial charge in [-0.25, -0.2) is 4.98 Å². The average Bonchev–Trinajstić information content (AvgIpc) is 3.03. The van der Waals surface area contributed by atoms with Gasteiger partial charge in [-0.15, -0.1) is 0 Å². The van der Waals surface area contributed by atoms with Crippen LogP contribution in [0.4, 0.5) is 5.82 Å². The molecule has 0 radical (unpaired) electrons. The van der Waals surface area contributed by atoms with E-state index in [-0.39, 0.29) is 5.91 Å². The monoisotopic (exact) mass is 283 g/mol. The van der Waals surface area contributed by atoms with Crippen LogP contribution in [0.1, 0.15) is 43.0 Å². The highest BCUT2D eigenvalue weighted by atomic mass is 16.2. The third-order valence-electron chi connectivity index (χ3n) is 4.42. The minimum atomic E-state index is 0.0769. The number of carbonyl (C=O) groups excluding carboxylic acids is 1. The summed E-state index contributed by atoms with van der Waals surface area (Å²) < 4.78 is 0. The summed E-state index contributed by atoms with van der Waals surface area (Å²) in [5.41, 5.74) is 6.58. The molecule has 1 fully saturated rings. The Kier molecular flexibility index (Phi) is 3.78. The zero-order valence-corrected chi connectivity index (χ0v) is 12.4. The van der Waals surface area contributed by atoms with E-state index in [0.29, 0.717) is 17.4 Å². The molecule has 0 unspecified atom stereocenters. The Hall–Kier alpha value is -2.10. The van der Waals surface area contributed by atoms with Gasteiger partial charge in [0.1, 0.15) is 5.82 Å². The first-order chi connectivity index (χ1) is 10.2. The molecule has 2 aromatic rings. The van der Waals surface area contributed by atoms with Crippen LogP contribution in [0.25, 0.3) is 10.8 Å². The highest BCUT2D eigenvalue weighted by Gasteiger charge is 2.27. The van der Waals surface area contributed by atoms with Crippen LogP contribution in [-0.4, -0.2) is 28.4 Å². The molecule has 1 aliphatic carbocycles. The lowest BCUT2D eigenvalue weighted by Gasteiger charge is -2.28. The number of rotatable bonds is 3. The van der Waals surface area contributed by atoms with Gasteiger partial charge in [0.25, 0.3) is 5.91 Å². The van der Waals surface area contributed by atoms with Gasteiger partial charge >= 0.3 is 0 Å². The van der Waals surface area contributed by atoms with Crippen LogP contribution in [-0.2, 0) is 0 Å². The Balaban J connectivity index is 2.02. The topological polar surface area (TPSA) is 59.2 Å². The second kappa shape index (κ2) is 5.72. The summed E-state index contributed by atoms with van der Waals surface area (Å²) in [6, 6.07) is 8.09. The molecule has 2 N–H and O–H groups in total. The summed E-state index contributed by atoms with van der Waals surface area (Å²) in [6.45, 7) is 2.78. The van der Waals surface area contributed by atoms with E-state index in [1.54, 1.807) is 6.20 Å². The molecule has 4 nitrogen and oxygen atoms in total. The van der Waals surface area contributed by atoms with E-state index < -0.39 is 0 Å². The van der Waals surface area contributed by atoms with Gasteiger partial charge in [0.2, 0.25) is 0 Å². The number of aromatic nitrogens is 1. The lowest BCUT2D eigenvalue weighted by atomic mass is 10.0. The number of amides is 1. The molecule has 1 amide bonds. The van der Waals surface area contributed by atoms with Crippen molar-refractivity contribution in [3.05, 3.63) is 36.0 Å². The zero-order valence-electron chi connectivity index (χ0n) is 12.4. The van der Waals surface area contributed by atoms with E-state index in [9.17, 15) is 4.79 Å². The SMILES string of the molecule is CCN(C(=O)c1cnc(N)c2ccccc12)C1CCCC1. The first kappa shape index (κ1) is 13.9. The van der Waals surface area contributed by atoms with Gasteiger partial charge in [0.05, 0.1) is 5.56 Å². The largest absolute Gasteiger partial charge is 0.383 e. The number of nitrogens with two attached hydrogens (primary N) is 1. The molecule has 21 heavy (non-hydrogen) atoms. The molecule has 0 atom stereocenters. The second-order valence-electron chi connectivity index (χ2n) is 5.63. The van der Waals surface area contributed by atoms with Crippen LogP contribution in [0.2, 0.25) is 0 Å². The first-order valence-electron chi connectivity index (χ1n) is 7.66. The molecular weight excluding hydrogens is 262 g/mol. The summed E-state index contributed by atoms with van der Waals surface area (Å²) in [5, 5.41) is 1.75. The van der Waals surface area contributed by atoms with Crippen molar-refractivity contribution in [3.63, 3.8) is 0 Å². The fraction of sp³-hybridized carbons (Fsp3) is 0.412. The van der Waals surface area contributed by atoms with E-state index >= 15 is 0 Å². The molecule has 0 aliphatic heterocycles. The van der Waals surface area contributed by atoms with Crippen molar-refractivity contribution >= 4 is 22.5 Å². The number of carbonyl (C=O) groups is 1. The maximum atomic E-state index is 12.9. The number of benzene rings is 1. The number of anilines is 1.